The average Bonchev–Trinajstić information content (AvgIpc) is 3.19. The van der Waals surface area contributed by atoms with Crippen LogP contribution in [0.5, 0.6) is 0 Å². The lowest BCUT2D eigenvalue weighted by atomic mass is 9.95. The second-order valence-electron chi connectivity index (χ2n) is 6.68. The molecule has 0 spiro atoms. The molecule has 1 aromatic rings. The van der Waals surface area contributed by atoms with Gasteiger partial charge in [0, 0.05) is 0 Å². The number of hydrogen-bond acceptors (Lipinski definition) is 3. The van der Waals surface area contributed by atoms with Gasteiger partial charge in [-0.3, -0.25) is 4.79 Å². The van der Waals surface area contributed by atoms with Gasteiger partial charge in [-0.05, 0) is 46.1 Å². The van der Waals surface area contributed by atoms with Crippen molar-refractivity contribution in [1.29, 1.82) is 0 Å². The summed E-state index contributed by atoms with van der Waals surface area (Å²) in [6.45, 7) is 7.09. The van der Waals surface area contributed by atoms with Crippen LogP contribution in [0, 0.1) is 0 Å². The van der Waals surface area contributed by atoms with E-state index in [0.717, 1.165) is 18.4 Å². The molecule has 4 nitrogen and oxygen atoms in total. The van der Waals surface area contributed by atoms with Crippen LogP contribution in [0.2, 0.25) is 0 Å². The van der Waals surface area contributed by atoms with Gasteiger partial charge in [0.05, 0.1) is 5.41 Å². The van der Waals surface area contributed by atoms with E-state index in [1.54, 1.807) is 6.92 Å². The number of benzene rings is 1. The minimum absolute atomic E-state index is 0.0907. The molecule has 2 rings (SSSR count). The first-order chi connectivity index (χ1) is 9.74. The quantitative estimate of drug-likeness (QED) is 0.867. The summed E-state index contributed by atoms with van der Waals surface area (Å²) >= 11 is 0. The highest BCUT2D eigenvalue weighted by Gasteiger charge is 2.51. The number of nitrogens with one attached hydrogen (secondary N) is 1. The SMILES string of the molecule is C[C@H](NC(=O)C1(c2ccccc2)CC1)C(=O)OC(C)(C)C. The second-order valence-corrected chi connectivity index (χ2v) is 6.68. The Morgan fingerprint density at radius 2 is 1.76 bits per heavy atom. The number of ether oxygens (including phenoxy) is 1. The number of carbonyl (C=O) groups is 2. The molecule has 0 bridgehead atoms. The van der Waals surface area contributed by atoms with Gasteiger partial charge in [-0.15, -0.1) is 0 Å². The molecule has 0 aliphatic heterocycles. The van der Waals surface area contributed by atoms with Crippen LogP contribution in [0.15, 0.2) is 30.3 Å². The molecule has 1 saturated carbocycles. The molecule has 114 valence electrons. The van der Waals surface area contributed by atoms with E-state index < -0.39 is 23.0 Å². The number of rotatable bonds is 4. The van der Waals surface area contributed by atoms with E-state index in [2.05, 4.69) is 5.32 Å². The fraction of sp³-hybridized carbons (Fsp3) is 0.529. The highest BCUT2D eigenvalue weighted by molar-refractivity contribution is 5.94. The Balaban J connectivity index is 2.00. The van der Waals surface area contributed by atoms with E-state index >= 15 is 0 Å². The maximum absolute atomic E-state index is 12.5. The van der Waals surface area contributed by atoms with Crippen LogP contribution in [0.1, 0.15) is 46.1 Å². The summed E-state index contributed by atoms with van der Waals surface area (Å²) in [5.74, 6) is -0.494. The van der Waals surface area contributed by atoms with Gasteiger partial charge in [0.15, 0.2) is 0 Å². The minimum Gasteiger partial charge on any atom is -0.458 e. The molecule has 4 heteroatoms. The summed E-state index contributed by atoms with van der Waals surface area (Å²) in [6.07, 6.45) is 1.65. The van der Waals surface area contributed by atoms with Crippen LogP contribution in [-0.2, 0) is 19.7 Å². The molecule has 0 aromatic heterocycles. The number of amides is 1. The summed E-state index contributed by atoms with van der Waals surface area (Å²) in [5.41, 5.74) is 0.00324. The number of carbonyl (C=O) groups excluding carboxylic acids is 2. The first kappa shape index (κ1) is 15.5. The van der Waals surface area contributed by atoms with Crippen molar-refractivity contribution in [3.05, 3.63) is 35.9 Å². The zero-order valence-corrected chi connectivity index (χ0v) is 13.1. The molecule has 21 heavy (non-hydrogen) atoms. The fourth-order valence-electron chi connectivity index (χ4n) is 2.31. The summed E-state index contributed by atoms with van der Waals surface area (Å²) in [5, 5.41) is 2.79. The highest BCUT2D eigenvalue weighted by atomic mass is 16.6. The van der Waals surface area contributed by atoms with Crippen molar-refractivity contribution in [2.24, 2.45) is 0 Å². The van der Waals surface area contributed by atoms with Gasteiger partial charge in [0.1, 0.15) is 11.6 Å². The van der Waals surface area contributed by atoms with E-state index in [9.17, 15) is 9.59 Å². The molecule has 0 heterocycles. The molecule has 0 saturated heterocycles. The summed E-state index contributed by atoms with van der Waals surface area (Å²) in [6, 6.07) is 9.08. The van der Waals surface area contributed by atoms with Gasteiger partial charge in [-0.2, -0.15) is 0 Å². The fourth-order valence-corrected chi connectivity index (χ4v) is 2.31. The van der Waals surface area contributed by atoms with E-state index in [1.807, 2.05) is 51.1 Å². The van der Waals surface area contributed by atoms with Crippen molar-refractivity contribution in [2.45, 2.75) is 57.6 Å². The van der Waals surface area contributed by atoms with Crippen LogP contribution >= 0.6 is 0 Å². The molecular formula is C17H23NO3. The minimum atomic E-state index is -0.641. The first-order valence-corrected chi connectivity index (χ1v) is 7.34. The Kier molecular flexibility index (Phi) is 4.08. The molecule has 1 amide bonds. The molecular weight excluding hydrogens is 266 g/mol. The van der Waals surface area contributed by atoms with Crippen molar-refractivity contribution in [3.8, 4) is 0 Å². The molecule has 1 aliphatic carbocycles. The van der Waals surface area contributed by atoms with Gasteiger partial charge >= 0.3 is 5.97 Å². The lowest BCUT2D eigenvalue weighted by Gasteiger charge is -2.24. The Bertz CT molecular complexity index is 527. The maximum Gasteiger partial charge on any atom is 0.328 e. The van der Waals surface area contributed by atoms with Crippen LogP contribution in [0.25, 0.3) is 0 Å². The van der Waals surface area contributed by atoms with Crippen molar-refractivity contribution in [1.82, 2.24) is 5.32 Å². The van der Waals surface area contributed by atoms with Crippen LogP contribution in [0.3, 0.4) is 0 Å². The van der Waals surface area contributed by atoms with Gasteiger partial charge in [0.2, 0.25) is 5.91 Å². The second kappa shape index (κ2) is 5.51. The van der Waals surface area contributed by atoms with E-state index in [1.165, 1.54) is 0 Å². The molecule has 0 radical (unpaired) electrons. The monoisotopic (exact) mass is 289 g/mol. The molecule has 0 unspecified atom stereocenters. The zero-order valence-electron chi connectivity index (χ0n) is 13.1. The normalized spacial score (nSPS) is 17.7. The summed E-state index contributed by atoms with van der Waals surface area (Å²) in [4.78, 5) is 24.4. The van der Waals surface area contributed by atoms with Crippen molar-refractivity contribution in [2.75, 3.05) is 0 Å². The van der Waals surface area contributed by atoms with Crippen molar-refractivity contribution < 1.29 is 14.3 Å². The van der Waals surface area contributed by atoms with Crippen molar-refractivity contribution >= 4 is 11.9 Å². The van der Waals surface area contributed by atoms with E-state index in [4.69, 9.17) is 4.74 Å². The largest absolute Gasteiger partial charge is 0.458 e. The first-order valence-electron chi connectivity index (χ1n) is 7.34. The van der Waals surface area contributed by atoms with E-state index in [-0.39, 0.29) is 5.91 Å². The predicted octanol–water partition coefficient (Wildman–Crippen LogP) is 2.56. The topological polar surface area (TPSA) is 55.4 Å². The predicted molar refractivity (Wildman–Crippen MR) is 80.8 cm³/mol. The van der Waals surface area contributed by atoms with Crippen LogP contribution in [0.4, 0.5) is 0 Å². The summed E-state index contributed by atoms with van der Waals surface area (Å²) < 4.78 is 5.29. The molecule has 1 aliphatic rings. The molecule has 1 aromatic carbocycles. The lowest BCUT2D eigenvalue weighted by molar-refractivity contribution is -0.158. The van der Waals surface area contributed by atoms with Gasteiger partial charge in [-0.1, -0.05) is 30.3 Å². The highest BCUT2D eigenvalue weighted by Crippen LogP contribution is 2.48. The van der Waals surface area contributed by atoms with Crippen molar-refractivity contribution in [3.63, 3.8) is 0 Å². The molecule has 1 fully saturated rings. The molecule has 1 N–H and O–H groups in total. The Labute approximate surface area is 125 Å². The number of esters is 1. The summed E-state index contributed by atoms with van der Waals surface area (Å²) in [7, 11) is 0. The Hall–Kier alpha value is -1.84. The maximum atomic E-state index is 12.5. The molecule has 1 atom stereocenters. The number of hydrogen-bond donors (Lipinski definition) is 1. The Morgan fingerprint density at radius 1 is 1.19 bits per heavy atom. The average molecular weight is 289 g/mol. The zero-order chi connectivity index (χ0) is 15.7. The third kappa shape index (κ3) is 3.63. The van der Waals surface area contributed by atoms with Gasteiger partial charge in [0.25, 0.3) is 0 Å². The third-order valence-electron chi connectivity index (χ3n) is 3.62. The van der Waals surface area contributed by atoms with E-state index in [0.29, 0.717) is 0 Å². The van der Waals surface area contributed by atoms with Crippen LogP contribution in [-0.4, -0.2) is 23.5 Å². The Morgan fingerprint density at radius 3 is 2.24 bits per heavy atom. The standard InChI is InChI=1S/C17H23NO3/c1-12(14(19)21-16(2,3)4)18-15(20)17(10-11-17)13-8-6-5-7-9-13/h5-9,12H,10-11H2,1-4H3,(H,18,20)/t12-/m0/s1. The third-order valence-corrected chi connectivity index (χ3v) is 3.62. The smallest absolute Gasteiger partial charge is 0.328 e. The lowest BCUT2D eigenvalue weighted by Crippen LogP contribution is -2.46. The van der Waals surface area contributed by atoms with Gasteiger partial charge < -0.3 is 10.1 Å². The van der Waals surface area contributed by atoms with Gasteiger partial charge in [-0.25, -0.2) is 4.79 Å². The van der Waals surface area contributed by atoms with Crippen LogP contribution < -0.4 is 5.32 Å².